The van der Waals surface area contributed by atoms with Crippen LogP contribution in [0, 0.1) is 6.92 Å². The van der Waals surface area contributed by atoms with E-state index in [1.165, 1.54) is 4.57 Å². The molecule has 0 saturated carbocycles. The first-order chi connectivity index (χ1) is 22.0. The van der Waals surface area contributed by atoms with Crippen molar-refractivity contribution in [3.8, 4) is 23.3 Å². The molecule has 0 bridgehead atoms. The fourth-order valence-electron chi connectivity index (χ4n) is 4.77. The molecule has 1 aromatic carbocycles. The van der Waals surface area contributed by atoms with Crippen LogP contribution in [0.4, 0.5) is 4.39 Å². The number of halogens is 1. The summed E-state index contributed by atoms with van der Waals surface area (Å²) in [7, 11) is 0. The molecule has 1 N–H and O–H groups in total. The summed E-state index contributed by atoms with van der Waals surface area (Å²) < 4.78 is 31.8. The minimum Gasteiger partial charge on any atom is -0.493 e. The second kappa shape index (κ2) is 15.0. The van der Waals surface area contributed by atoms with Gasteiger partial charge in [-0.2, -0.15) is 9.97 Å². The van der Waals surface area contributed by atoms with Crippen molar-refractivity contribution in [1.29, 1.82) is 0 Å². The maximum atomic E-state index is 13.5. The van der Waals surface area contributed by atoms with Crippen LogP contribution in [-0.2, 0) is 19.5 Å². The number of aromatic amines is 1. The highest BCUT2D eigenvalue weighted by molar-refractivity contribution is 5.72. The summed E-state index contributed by atoms with van der Waals surface area (Å²) in [6.07, 6.45) is 4.07. The average Bonchev–Trinajstić information content (AvgIpc) is 3.52. The number of hydrogen-bond acceptors (Lipinski definition) is 10. The Bertz CT molecular complexity index is 1900. The topological polar surface area (TPSA) is 160 Å². The Morgan fingerprint density at radius 1 is 0.889 bits per heavy atom. The molecular weight excluding hydrogens is 585 g/mol. The second-order valence-corrected chi connectivity index (χ2v) is 10.4. The standard InChI is InChI=1S/C31H34FN7O6/c1-21-11-2-3-13-23(21)43-19-10-20-44-30-35-25-26(27(40)36-30)38(17-9-6-15-32)31(42)39(29(25)41)18-8-5-14-24-34-28(45-37-24)22-12-4-7-16-33-22/h2-4,7,11-13,16H,5-6,8-10,14-15,17-20H2,1H3,(H,35,36,40). The van der Waals surface area contributed by atoms with E-state index in [4.69, 9.17) is 14.0 Å². The van der Waals surface area contributed by atoms with Gasteiger partial charge in [0.15, 0.2) is 11.3 Å². The molecule has 0 amide bonds. The van der Waals surface area contributed by atoms with Crippen LogP contribution in [0.2, 0.25) is 0 Å². The van der Waals surface area contributed by atoms with Gasteiger partial charge in [-0.1, -0.05) is 29.4 Å². The molecule has 0 atom stereocenters. The smallest absolute Gasteiger partial charge is 0.331 e. The molecule has 0 saturated heterocycles. The molecule has 5 rings (SSSR count). The molecule has 0 spiro atoms. The normalized spacial score (nSPS) is 11.2. The Balaban J connectivity index is 1.29. The fourth-order valence-corrected chi connectivity index (χ4v) is 4.77. The number of aromatic nitrogens is 7. The van der Waals surface area contributed by atoms with E-state index in [-0.39, 0.29) is 43.2 Å². The van der Waals surface area contributed by atoms with Crippen molar-refractivity contribution in [2.75, 3.05) is 19.9 Å². The first kappa shape index (κ1) is 31.3. The molecule has 0 unspecified atom stereocenters. The molecule has 45 heavy (non-hydrogen) atoms. The molecule has 5 aromatic rings. The molecule has 0 radical (unpaired) electrons. The van der Waals surface area contributed by atoms with Crippen LogP contribution in [0.1, 0.15) is 43.5 Å². The van der Waals surface area contributed by atoms with Crippen molar-refractivity contribution in [3.05, 3.63) is 91.2 Å². The minimum atomic E-state index is -0.701. The fraction of sp³-hybridized carbons (Fsp3) is 0.387. The summed E-state index contributed by atoms with van der Waals surface area (Å²) in [5.41, 5.74) is -0.822. The summed E-state index contributed by atoms with van der Waals surface area (Å²) in [4.78, 5) is 55.3. The molecular formula is C31H34FN7O6. The third kappa shape index (κ3) is 7.69. The van der Waals surface area contributed by atoms with Crippen LogP contribution in [0.5, 0.6) is 11.8 Å². The number of pyridine rings is 1. The highest BCUT2D eigenvalue weighted by Crippen LogP contribution is 2.17. The molecule has 14 heteroatoms. The number of alkyl halides is 1. The number of aryl methyl sites for hydroxylation is 3. The highest BCUT2D eigenvalue weighted by Gasteiger charge is 2.19. The van der Waals surface area contributed by atoms with Crippen LogP contribution in [0.15, 0.2) is 67.6 Å². The van der Waals surface area contributed by atoms with Gasteiger partial charge < -0.3 is 14.0 Å². The minimum absolute atomic E-state index is 0.0555. The molecule has 13 nitrogen and oxygen atoms in total. The predicted octanol–water partition coefficient (Wildman–Crippen LogP) is 3.62. The van der Waals surface area contributed by atoms with E-state index in [0.29, 0.717) is 56.1 Å². The summed E-state index contributed by atoms with van der Waals surface area (Å²) >= 11 is 0. The Hall–Kier alpha value is -5.14. The third-order valence-corrected chi connectivity index (χ3v) is 7.08. The lowest BCUT2D eigenvalue weighted by molar-refractivity contribution is 0.235. The van der Waals surface area contributed by atoms with Crippen LogP contribution in [-0.4, -0.2) is 54.1 Å². The van der Waals surface area contributed by atoms with Crippen molar-refractivity contribution in [3.63, 3.8) is 0 Å². The van der Waals surface area contributed by atoms with Crippen molar-refractivity contribution in [2.24, 2.45) is 0 Å². The monoisotopic (exact) mass is 619 g/mol. The number of H-pyrrole nitrogens is 1. The Labute approximate surface area is 256 Å². The quantitative estimate of drug-likeness (QED) is 0.162. The Morgan fingerprint density at radius 3 is 2.47 bits per heavy atom. The van der Waals surface area contributed by atoms with Crippen molar-refractivity contribution in [2.45, 2.75) is 58.5 Å². The summed E-state index contributed by atoms with van der Waals surface area (Å²) in [5, 5.41) is 3.98. The lowest BCUT2D eigenvalue weighted by atomic mass is 10.2. The van der Waals surface area contributed by atoms with Crippen LogP contribution in [0.3, 0.4) is 0 Å². The number of para-hydroxylation sites is 1. The summed E-state index contributed by atoms with van der Waals surface area (Å²) in [6.45, 7) is 2.06. The Morgan fingerprint density at radius 2 is 1.67 bits per heavy atom. The van der Waals surface area contributed by atoms with Gasteiger partial charge in [0.2, 0.25) is 0 Å². The average molecular weight is 620 g/mol. The molecule has 0 aliphatic heterocycles. The zero-order chi connectivity index (χ0) is 31.6. The second-order valence-electron chi connectivity index (χ2n) is 10.4. The number of ether oxygens (including phenoxy) is 2. The first-order valence-electron chi connectivity index (χ1n) is 14.8. The van der Waals surface area contributed by atoms with E-state index in [0.717, 1.165) is 15.9 Å². The maximum Gasteiger partial charge on any atom is 0.331 e. The number of benzene rings is 1. The zero-order valence-corrected chi connectivity index (χ0v) is 24.9. The van der Waals surface area contributed by atoms with E-state index in [2.05, 4.69) is 25.1 Å². The summed E-state index contributed by atoms with van der Waals surface area (Å²) in [5.74, 6) is 1.55. The van der Waals surface area contributed by atoms with Crippen LogP contribution in [0.25, 0.3) is 22.6 Å². The predicted molar refractivity (Wildman–Crippen MR) is 163 cm³/mol. The van der Waals surface area contributed by atoms with Gasteiger partial charge in [0.25, 0.3) is 23.0 Å². The zero-order valence-electron chi connectivity index (χ0n) is 24.9. The number of nitrogens with zero attached hydrogens (tertiary/aromatic N) is 6. The van der Waals surface area contributed by atoms with E-state index in [1.54, 1.807) is 18.3 Å². The van der Waals surface area contributed by atoms with Gasteiger partial charge in [-0.3, -0.25) is 33.1 Å². The van der Waals surface area contributed by atoms with Gasteiger partial charge in [0.05, 0.1) is 19.9 Å². The highest BCUT2D eigenvalue weighted by atomic mass is 19.1. The van der Waals surface area contributed by atoms with E-state index >= 15 is 0 Å². The molecule has 0 aliphatic rings. The molecule has 4 aromatic heterocycles. The van der Waals surface area contributed by atoms with Gasteiger partial charge in [-0.25, -0.2) is 4.79 Å². The van der Waals surface area contributed by atoms with Crippen molar-refractivity contribution >= 4 is 11.0 Å². The van der Waals surface area contributed by atoms with Gasteiger partial charge in [-0.15, -0.1) is 0 Å². The van der Waals surface area contributed by atoms with Gasteiger partial charge in [0, 0.05) is 32.1 Å². The van der Waals surface area contributed by atoms with Crippen LogP contribution >= 0.6 is 0 Å². The Kier molecular flexibility index (Phi) is 10.5. The number of fused-ring (bicyclic) bond motifs is 1. The largest absolute Gasteiger partial charge is 0.493 e. The number of hydrogen-bond donors (Lipinski definition) is 1. The third-order valence-electron chi connectivity index (χ3n) is 7.08. The molecule has 0 fully saturated rings. The number of nitrogens with one attached hydrogen (secondary N) is 1. The number of rotatable bonds is 16. The SMILES string of the molecule is Cc1ccccc1OCCCOc1nc2c(=O)n(CCCCc3noc(-c4ccccn4)n3)c(=O)n(CCCCF)c2c(=O)[nH]1. The van der Waals surface area contributed by atoms with Gasteiger partial charge in [-0.05, 0) is 56.4 Å². The lowest BCUT2D eigenvalue weighted by Crippen LogP contribution is -2.42. The van der Waals surface area contributed by atoms with Gasteiger partial charge in [0.1, 0.15) is 17.0 Å². The summed E-state index contributed by atoms with van der Waals surface area (Å²) in [6, 6.07) is 12.9. The first-order valence-corrected chi connectivity index (χ1v) is 14.8. The molecule has 0 aliphatic carbocycles. The van der Waals surface area contributed by atoms with E-state index < -0.39 is 23.5 Å². The van der Waals surface area contributed by atoms with Gasteiger partial charge >= 0.3 is 5.69 Å². The van der Waals surface area contributed by atoms with E-state index in [9.17, 15) is 18.8 Å². The molecule has 4 heterocycles. The van der Waals surface area contributed by atoms with Crippen molar-refractivity contribution < 1.29 is 18.4 Å². The molecule has 236 valence electrons. The lowest BCUT2D eigenvalue weighted by Gasteiger charge is -2.14. The van der Waals surface area contributed by atoms with E-state index in [1.807, 2.05) is 37.3 Å². The number of unbranched alkanes of at least 4 members (excludes halogenated alkanes) is 2. The van der Waals surface area contributed by atoms with Crippen LogP contribution < -0.4 is 26.3 Å². The van der Waals surface area contributed by atoms with Crippen molar-refractivity contribution in [1.82, 2.24) is 34.2 Å². The maximum absolute atomic E-state index is 13.5.